The predicted molar refractivity (Wildman–Crippen MR) is 110 cm³/mol. The summed E-state index contributed by atoms with van der Waals surface area (Å²) >= 11 is 0. The van der Waals surface area contributed by atoms with Crippen molar-refractivity contribution >= 4 is 0 Å². The Balaban J connectivity index is 1.76. The summed E-state index contributed by atoms with van der Waals surface area (Å²) in [5.41, 5.74) is 8.18. The lowest BCUT2D eigenvalue weighted by atomic mass is 9.63. The number of fused-ring (bicyclic) bond motifs is 1. The van der Waals surface area contributed by atoms with Crippen LogP contribution in [-0.4, -0.2) is 0 Å². The molecule has 0 aromatic heterocycles. The maximum absolute atomic E-state index is 2.50. The molecule has 0 fully saturated rings. The molecule has 0 radical (unpaired) electrons. The molecular formula is C25H34. The van der Waals surface area contributed by atoms with E-state index in [1.807, 2.05) is 0 Å². The average Bonchev–Trinajstić information content (AvgIpc) is 2.59. The second-order valence-electron chi connectivity index (χ2n) is 9.21. The molecule has 0 saturated heterocycles. The van der Waals surface area contributed by atoms with Gasteiger partial charge in [-0.1, -0.05) is 83.5 Å². The smallest absolute Gasteiger partial charge is 0.0100 e. The molecule has 1 aliphatic carbocycles. The van der Waals surface area contributed by atoms with Crippen LogP contribution >= 0.6 is 0 Å². The van der Waals surface area contributed by atoms with Gasteiger partial charge in [-0.05, 0) is 70.8 Å². The average molecular weight is 335 g/mol. The largest absolute Gasteiger partial charge is 0.0651 e. The van der Waals surface area contributed by atoms with E-state index < -0.39 is 0 Å². The molecule has 25 heavy (non-hydrogen) atoms. The monoisotopic (exact) mass is 334 g/mol. The minimum atomic E-state index is 0.308. The molecule has 1 aliphatic rings. The highest BCUT2D eigenvalue weighted by molar-refractivity contribution is 5.43. The van der Waals surface area contributed by atoms with E-state index in [0.717, 1.165) is 12.8 Å². The van der Waals surface area contributed by atoms with Gasteiger partial charge in [0.25, 0.3) is 0 Å². The third-order valence-corrected chi connectivity index (χ3v) is 6.18. The van der Waals surface area contributed by atoms with Gasteiger partial charge in [-0.25, -0.2) is 0 Å². The van der Waals surface area contributed by atoms with Crippen LogP contribution in [0, 0.1) is 0 Å². The minimum absolute atomic E-state index is 0.308. The Labute approximate surface area is 154 Å². The van der Waals surface area contributed by atoms with E-state index in [-0.39, 0.29) is 0 Å². The molecule has 0 heteroatoms. The van der Waals surface area contributed by atoms with E-state index >= 15 is 0 Å². The number of hydrogen-bond donors (Lipinski definition) is 0. The van der Waals surface area contributed by atoms with Crippen molar-refractivity contribution in [2.24, 2.45) is 0 Å². The maximum atomic E-state index is 2.50. The molecule has 0 spiro atoms. The van der Waals surface area contributed by atoms with Crippen LogP contribution in [0.2, 0.25) is 0 Å². The third-order valence-electron chi connectivity index (χ3n) is 6.18. The Hall–Kier alpha value is -1.56. The van der Waals surface area contributed by atoms with Gasteiger partial charge in [0.2, 0.25) is 0 Å². The summed E-state index contributed by atoms with van der Waals surface area (Å²) in [5.74, 6) is 0. The summed E-state index contributed by atoms with van der Waals surface area (Å²) in [4.78, 5) is 0. The third kappa shape index (κ3) is 4.00. The molecular weight excluding hydrogens is 300 g/mol. The van der Waals surface area contributed by atoms with Gasteiger partial charge < -0.3 is 0 Å². The first-order valence-corrected chi connectivity index (χ1v) is 10.0. The topological polar surface area (TPSA) is 0 Å². The van der Waals surface area contributed by atoms with Crippen LogP contribution in [-0.2, 0) is 30.1 Å². The maximum Gasteiger partial charge on any atom is -0.0100 e. The van der Waals surface area contributed by atoms with E-state index in [0.29, 0.717) is 10.8 Å². The van der Waals surface area contributed by atoms with E-state index in [2.05, 4.69) is 77.1 Å². The zero-order valence-corrected chi connectivity index (χ0v) is 16.8. The fourth-order valence-corrected chi connectivity index (χ4v) is 4.24. The molecule has 0 N–H and O–H groups in total. The van der Waals surface area contributed by atoms with Crippen LogP contribution in [0.5, 0.6) is 0 Å². The normalized spacial score (nSPS) is 18.0. The fraction of sp³-hybridized carbons (Fsp3) is 0.520. The first-order chi connectivity index (χ1) is 11.8. The van der Waals surface area contributed by atoms with E-state index in [9.17, 15) is 0 Å². The highest BCUT2D eigenvalue weighted by Gasteiger charge is 2.36. The van der Waals surface area contributed by atoms with Gasteiger partial charge in [0.05, 0.1) is 0 Å². The van der Waals surface area contributed by atoms with E-state index in [4.69, 9.17) is 0 Å². The van der Waals surface area contributed by atoms with Gasteiger partial charge in [-0.15, -0.1) is 0 Å². The van der Waals surface area contributed by atoms with Crippen molar-refractivity contribution < 1.29 is 0 Å². The standard InChI is InChI=1S/C25H34/c1-6-7-19-8-10-20(11-9-19)12-13-21-14-15-22-23(18-21)25(4,5)17-16-24(22,2)3/h8-11,14-15,18H,6-7,12-13,16-17H2,1-5H3. The predicted octanol–water partition coefficient (Wildman–Crippen LogP) is 6.77. The molecule has 0 saturated carbocycles. The van der Waals surface area contributed by atoms with Crippen LogP contribution in [0.1, 0.15) is 81.7 Å². The Bertz CT molecular complexity index is 716. The number of rotatable bonds is 5. The summed E-state index contributed by atoms with van der Waals surface area (Å²) < 4.78 is 0. The quantitative estimate of drug-likeness (QED) is 0.566. The van der Waals surface area contributed by atoms with E-state index in [1.165, 1.54) is 42.4 Å². The summed E-state index contributed by atoms with van der Waals surface area (Å²) in [6.45, 7) is 11.9. The lowest BCUT2D eigenvalue weighted by Crippen LogP contribution is -2.33. The molecule has 0 atom stereocenters. The molecule has 2 aromatic carbocycles. The van der Waals surface area contributed by atoms with Gasteiger partial charge in [-0.2, -0.15) is 0 Å². The number of benzene rings is 2. The Morgan fingerprint density at radius 1 is 0.640 bits per heavy atom. The summed E-state index contributed by atoms with van der Waals surface area (Å²) in [6.07, 6.45) is 7.26. The molecule has 0 nitrogen and oxygen atoms in total. The van der Waals surface area contributed by atoms with Crippen LogP contribution in [0.15, 0.2) is 42.5 Å². The lowest BCUT2D eigenvalue weighted by molar-refractivity contribution is 0.331. The second kappa shape index (κ2) is 6.98. The van der Waals surface area contributed by atoms with Crippen LogP contribution in [0.4, 0.5) is 0 Å². The molecule has 3 rings (SSSR count). The van der Waals surface area contributed by atoms with Crippen molar-refractivity contribution in [2.75, 3.05) is 0 Å². The molecule has 0 bridgehead atoms. The highest BCUT2D eigenvalue weighted by Crippen LogP contribution is 2.45. The first kappa shape index (κ1) is 18.2. The van der Waals surface area contributed by atoms with Gasteiger partial charge in [0.1, 0.15) is 0 Å². The number of hydrogen-bond acceptors (Lipinski definition) is 0. The summed E-state index contributed by atoms with van der Waals surface area (Å²) in [5, 5.41) is 0. The SMILES string of the molecule is CCCc1ccc(CCc2ccc3c(c2)C(C)(C)CCC3(C)C)cc1. The Morgan fingerprint density at radius 3 is 1.72 bits per heavy atom. The molecule has 134 valence electrons. The Kier molecular flexibility index (Phi) is 5.09. The van der Waals surface area contributed by atoms with Gasteiger partial charge in [0, 0.05) is 0 Å². The van der Waals surface area contributed by atoms with Crippen molar-refractivity contribution in [3.05, 3.63) is 70.3 Å². The molecule has 0 amide bonds. The van der Waals surface area contributed by atoms with Crippen molar-refractivity contribution in [3.8, 4) is 0 Å². The summed E-state index contributed by atoms with van der Waals surface area (Å²) in [7, 11) is 0. The minimum Gasteiger partial charge on any atom is -0.0651 e. The van der Waals surface area contributed by atoms with Crippen molar-refractivity contribution in [2.45, 2.75) is 84.0 Å². The number of aryl methyl sites for hydroxylation is 3. The zero-order chi connectivity index (χ0) is 18.1. The molecule has 0 heterocycles. The molecule has 0 unspecified atom stereocenters. The molecule has 0 aliphatic heterocycles. The summed E-state index contributed by atoms with van der Waals surface area (Å²) in [6, 6.07) is 16.5. The fourth-order valence-electron chi connectivity index (χ4n) is 4.24. The zero-order valence-electron chi connectivity index (χ0n) is 16.8. The lowest BCUT2D eigenvalue weighted by Gasteiger charge is -2.42. The second-order valence-corrected chi connectivity index (χ2v) is 9.21. The van der Waals surface area contributed by atoms with Gasteiger partial charge in [-0.3, -0.25) is 0 Å². The molecule has 2 aromatic rings. The highest BCUT2D eigenvalue weighted by atomic mass is 14.4. The Morgan fingerprint density at radius 2 is 1.12 bits per heavy atom. The van der Waals surface area contributed by atoms with Crippen LogP contribution in [0.25, 0.3) is 0 Å². The van der Waals surface area contributed by atoms with E-state index in [1.54, 1.807) is 11.1 Å². The van der Waals surface area contributed by atoms with Gasteiger partial charge in [0.15, 0.2) is 0 Å². The van der Waals surface area contributed by atoms with Crippen molar-refractivity contribution in [1.82, 2.24) is 0 Å². The van der Waals surface area contributed by atoms with Crippen LogP contribution in [0.3, 0.4) is 0 Å². The van der Waals surface area contributed by atoms with Crippen molar-refractivity contribution in [3.63, 3.8) is 0 Å². The van der Waals surface area contributed by atoms with Crippen LogP contribution < -0.4 is 0 Å². The first-order valence-electron chi connectivity index (χ1n) is 10.0. The van der Waals surface area contributed by atoms with Gasteiger partial charge >= 0.3 is 0 Å². The van der Waals surface area contributed by atoms with Crippen molar-refractivity contribution in [1.29, 1.82) is 0 Å².